The van der Waals surface area contributed by atoms with Crippen molar-refractivity contribution < 1.29 is 9.53 Å². The topological polar surface area (TPSA) is 56.1 Å². The lowest BCUT2D eigenvalue weighted by molar-refractivity contribution is -0.115. The number of para-hydroxylation sites is 2. The van der Waals surface area contributed by atoms with Crippen LogP contribution in [0.1, 0.15) is 16.7 Å². The third-order valence-electron chi connectivity index (χ3n) is 4.88. The molecule has 1 aromatic heterocycles. The number of carbonyl (C=O) groups is 1. The maximum Gasteiger partial charge on any atom is 0.252 e. The second-order valence-electron chi connectivity index (χ2n) is 6.98. The molecule has 1 heterocycles. The summed E-state index contributed by atoms with van der Waals surface area (Å²) in [6.07, 6.45) is 5.54. The number of rotatable bonds is 7. The lowest BCUT2D eigenvalue weighted by Gasteiger charge is -2.11. The second kappa shape index (κ2) is 9.59. The zero-order chi connectivity index (χ0) is 21.5. The minimum atomic E-state index is -0.162. The van der Waals surface area contributed by atoms with Gasteiger partial charge in [0.1, 0.15) is 5.75 Å². The van der Waals surface area contributed by atoms with Crippen LogP contribution in [-0.2, 0) is 11.3 Å². The van der Waals surface area contributed by atoms with Crippen molar-refractivity contribution in [3.8, 4) is 11.4 Å². The maximum absolute atomic E-state index is 13.2. The Bertz CT molecular complexity index is 1180. The van der Waals surface area contributed by atoms with Crippen LogP contribution in [0.15, 0.2) is 97.3 Å². The van der Waals surface area contributed by atoms with Gasteiger partial charge in [0.15, 0.2) is 0 Å². The number of carbonyl (C=O) groups excluding carboxylic acids is 1. The van der Waals surface area contributed by atoms with Crippen molar-refractivity contribution in [2.75, 3.05) is 7.11 Å². The number of ether oxygens (including phenoxy) is 1. The quantitative estimate of drug-likeness (QED) is 0.354. The average molecular weight is 409 g/mol. The van der Waals surface area contributed by atoms with E-state index in [1.807, 2.05) is 97.2 Å². The van der Waals surface area contributed by atoms with Crippen LogP contribution in [0.4, 0.5) is 0 Å². The number of nitrogens with zero attached hydrogens (tertiary/aromatic N) is 2. The summed E-state index contributed by atoms with van der Waals surface area (Å²) in [6.45, 7) is 0.377. The molecule has 5 nitrogen and oxygen atoms in total. The Morgan fingerprint density at radius 2 is 1.65 bits per heavy atom. The van der Waals surface area contributed by atoms with Gasteiger partial charge in [-0.2, -0.15) is 5.10 Å². The van der Waals surface area contributed by atoms with E-state index in [9.17, 15) is 4.79 Å². The van der Waals surface area contributed by atoms with E-state index in [0.717, 1.165) is 22.4 Å². The summed E-state index contributed by atoms with van der Waals surface area (Å²) in [4.78, 5) is 13.2. The number of aromatic nitrogens is 2. The number of amides is 1. The van der Waals surface area contributed by atoms with Crippen molar-refractivity contribution in [3.63, 3.8) is 0 Å². The van der Waals surface area contributed by atoms with Crippen LogP contribution in [0.25, 0.3) is 17.3 Å². The molecule has 0 aliphatic heterocycles. The molecule has 0 bridgehead atoms. The molecule has 3 aromatic carbocycles. The third-order valence-corrected chi connectivity index (χ3v) is 4.88. The van der Waals surface area contributed by atoms with Crippen molar-refractivity contribution in [1.82, 2.24) is 15.1 Å². The predicted octanol–water partition coefficient (Wildman–Crippen LogP) is 4.74. The van der Waals surface area contributed by atoms with E-state index in [2.05, 4.69) is 10.4 Å². The largest absolute Gasteiger partial charge is 0.496 e. The molecular weight excluding hydrogens is 386 g/mol. The van der Waals surface area contributed by atoms with Crippen molar-refractivity contribution >= 4 is 17.6 Å². The highest BCUT2D eigenvalue weighted by atomic mass is 16.5. The first kappa shape index (κ1) is 20.2. The van der Waals surface area contributed by atoms with Gasteiger partial charge in [0.2, 0.25) is 0 Å². The monoisotopic (exact) mass is 409 g/mol. The summed E-state index contributed by atoms with van der Waals surface area (Å²) in [5.74, 6) is 0.553. The van der Waals surface area contributed by atoms with Gasteiger partial charge in [-0.25, -0.2) is 4.68 Å². The van der Waals surface area contributed by atoms with Gasteiger partial charge in [-0.1, -0.05) is 66.7 Å². The molecule has 0 aliphatic carbocycles. The maximum atomic E-state index is 13.2. The molecule has 31 heavy (non-hydrogen) atoms. The molecule has 0 spiro atoms. The van der Waals surface area contributed by atoms with Gasteiger partial charge in [0.25, 0.3) is 5.91 Å². The van der Waals surface area contributed by atoms with Gasteiger partial charge < -0.3 is 10.1 Å². The molecule has 154 valence electrons. The van der Waals surface area contributed by atoms with Gasteiger partial charge in [-0.15, -0.1) is 0 Å². The van der Waals surface area contributed by atoms with Crippen molar-refractivity contribution in [2.45, 2.75) is 6.54 Å². The zero-order valence-electron chi connectivity index (χ0n) is 17.2. The Kier molecular flexibility index (Phi) is 6.24. The van der Waals surface area contributed by atoms with Gasteiger partial charge in [-0.05, 0) is 29.8 Å². The van der Waals surface area contributed by atoms with E-state index in [-0.39, 0.29) is 5.91 Å². The number of benzene rings is 3. The number of nitrogens with one attached hydrogen (secondary N) is 1. The lowest BCUT2D eigenvalue weighted by Crippen LogP contribution is -2.23. The molecule has 4 rings (SSSR count). The highest BCUT2D eigenvalue weighted by molar-refractivity contribution is 6.24. The molecule has 4 aromatic rings. The number of methoxy groups -OCH3 is 1. The highest BCUT2D eigenvalue weighted by Crippen LogP contribution is 2.25. The van der Waals surface area contributed by atoms with Gasteiger partial charge in [0, 0.05) is 29.4 Å². The zero-order valence-corrected chi connectivity index (χ0v) is 17.2. The minimum absolute atomic E-state index is 0.162. The van der Waals surface area contributed by atoms with Gasteiger partial charge in [0.05, 0.1) is 19.0 Å². The molecule has 1 amide bonds. The molecule has 5 heteroatoms. The Labute approximate surface area is 181 Å². The Morgan fingerprint density at radius 3 is 2.39 bits per heavy atom. The van der Waals surface area contributed by atoms with Crippen LogP contribution in [0.3, 0.4) is 0 Å². The number of hydrogen-bond donors (Lipinski definition) is 1. The van der Waals surface area contributed by atoms with Crippen LogP contribution in [0.5, 0.6) is 5.75 Å². The van der Waals surface area contributed by atoms with Gasteiger partial charge in [-0.3, -0.25) is 4.79 Å². The van der Waals surface area contributed by atoms with Crippen LogP contribution >= 0.6 is 0 Å². The van der Waals surface area contributed by atoms with Crippen LogP contribution in [0, 0.1) is 0 Å². The first-order valence-electron chi connectivity index (χ1n) is 10.0. The minimum Gasteiger partial charge on any atom is -0.496 e. The fourth-order valence-electron chi connectivity index (χ4n) is 3.29. The smallest absolute Gasteiger partial charge is 0.252 e. The van der Waals surface area contributed by atoms with E-state index in [4.69, 9.17) is 4.74 Å². The number of hydrogen-bond acceptors (Lipinski definition) is 3. The molecule has 0 unspecified atom stereocenters. The van der Waals surface area contributed by atoms with E-state index < -0.39 is 0 Å². The fourth-order valence-corrected chi connectivity index (χ4v) is 3.29. The molecule has 0 radical (unpaired) electrons. The third kappa shape index (κ3) is 4.90. The molecule has 0 fully saturated rings. The van der Waals surface area contributed by atoms with Crippen LogP contribution < -0.4 is 10.1 Å². The Balaban J connectivity index is 1.56. The highest BCUT2D eigenvalue weighted by Gasteiger charge is 2.14. The SMILES string of the molecule is COc1ccccc1/C=C(/C(=O)NCc1cnn(-c2ccccc2)c1)c1ccccc1. The van der Waals surface area contributed by atoms with Crippen molar-refractivity contribution in [3.05, 3.63) is 114 Å². The average Bonchev–Trinajstić information content (AvgIpc) is 3.31. The van der Waals surface area contributed by atoms with E-state index >= 15 is 0 Å². The normalized spacial score (nSPS) is 11.2. The van der Waals surface area contributed by atoms with Gasteiger partial charge >= 0.3 is 0 Å². The Morgan fingerprint density at radius 1 is 0.968 bits per heavy atom. The predicted molar refractivity (Wildman–Crippen MR) is 123 cm³/mol. The van der Waals surface area contributed by atoms with E-state index in [1.54, 1.807) is 18.0 Å². The molecule has 0 atom stereocenters. The second-order valence-corrected chi connectivity index (χ2v) is 6.98. The van der Waals surface area contributed by atoms with E-state index in [0.29, 0.717) is 17.9 Å². The fraction of sp³-hybridized carbons (Fsp3) is 0.0769. The van der Waals surface area contributed by atoms with Crippen LogP contribution in [0.2, 0.25) is 0 Å². The molecule has 0 saturated carbocycles. The summed E-state index contributed by atoms with van der Waals surface area (Å²) < 4.78 is 7.24. The summed E-state index contributed by atoms with van der Waals surface area (Å²) in [6, 6.07) is 27.1. The van der Waals surface area contributed by atoms with Crippen LogP contribution in [-0.4, -0.2) is 22.8 Å². The summed E-state index contributed by atoms with van der Waals surface area (Å²) in [5, 5.41) is 7.41. The van der Waals surface area contributed by atoms with Crippen molar-refractivity contribution in [1.29, 1.82) is 0 Å². The summed E-state index contributed by atoms with van der Waals surface area (Å²) in [7, 11) is 1.62. The first-order chi connectivity index (χ1) is 15.2. The molecule has 0 aliphatic rings. The Hall–Kier alpha value is -4.12. The standard InChI is InChI=1S/C26H23N3O2/c1-31-25-15-9-8-12-22(25)16-24(21-10-4-2-5-11-21)26(30)27-17-20-18-28-29(19-20)23-13-6-3-7-14-23/h2-16,18-19H,17H2,1H3,(H,27,30)/b24-16+. The molecular formula is C26H23N3O2. The lowest BCUT2D eigenvalue weighted by atomic mass is 10.0. The molecule has 1 N–H and O–H groups in total. The van der Waals surface area contributed by atoms with Crippen molar-refractivity contribution in [2.24, 2.45) is 0 Å². The summed E-state index contributed by atoms with van der Waals surface area (Å²) >= 11 is 0. The molecule has 0 saturated heterocycles. The first-order valence-corrected chi connectivity index (χ1v) is 10.0. The van der Waals surface area contributed by atoms with E-state index in [1.165, 1.54) is 0 Å². The summed E-state index contributed by atoms with van der Waals surface area (Å²) in [5.41, 5.74) is 4.14.